The summed E-state index contributed by atoms with van der Waals surface area (Å²) < 4.78 is 0. The van der Waals surface area contributed by atoms with Crippen molar-refractivity contribution in [2.75, 3.05) is 10.6 Å². The molecule has 1 fully saturated rings. The van der Waals surface area contributed by atoms with E-state index in [1.165, 1.54) is 29.1 Å². The molecule has 0 spiro atoms. The molecule has 92 valence electrons. The second-order valence-corrected chi connectivity index (χ2v) is 5.20. The fraction of sp³-hybridized carbons (Fsp3) is 0.250. The molecular formula is C12H12N4OS. The molecule has 0 radical (unpaired) electrons. The number of pyridine rings is 1. The smallest absolute Gasteiger partial charge is 0.292 e. The Morgan fingerprint density at radius 3 is 2.89 bits per heavy atom. The van der Waals surface area contributed by atoms with Crippen LogP contribution in [0.5, 0.6) is 0 Å². The number of rotatable bonds is 3. The molecule has 2 N–H and O–H groups in total. The number of aromatic nitrogens is 2. The quantitative estimate of drug-likeness (QED) is 0.891. The number of urea groups is 1. The molecule has 6 heteroatoms. The van der Waals surface area contributed by atoms with Gasteiger partial charge in [-0.05, 0) is 30.9 Å². The Bertz CT molecular complexity index is 550. The van der Waals surface area contributed by atoms with Crippen LogP contribution in [0.15, 0.2) is 30.6 Å². The third kappa shape index (κ3) is 2.65. The number of hydrogen-bond donors (Lipinski definition) is 2. The number of carbonyl (C=O) groups is 1. The van der Waals surface area contributed by atoms with Gasteiger partial charge in [0.2, 0.25) is 0 Å². The maximum absolute atomic E-state index is 11.7. The maximum Gasteiger partial charge on any atom is 0.326 e. The first-order valence-electron chi connectivity index (χ1n) is 5.76. The molecule has 1 aliphatic carbocycles. The van der Waals surface area contributed by atoms with Crippen LogP contribution in [0.1, 0.15) is 23.6 Å². The molecule has 2 aromatic rings. The van der Waals surface area contributed by atoms with Crippen LogP contribution in [0.2, 0.25) is 0 Å². The van der Waals surface area contributed by atoms with E-state index in [0.29, 0.717) is 16.9 Å². The summed E-state index contributed by atoms with van der Waals surface area (Å²) in [6.07, 6.45) is 5.95. The highest BCUT2D eigenvalue weighted by molar-refractivity contribution is 7.15. The average molecular weight is 260 g/mol. The number of carbonyl (C=O) groups excluding carboxylic acids is 1. The lowest BCUT2D eigenvalue weighted by molar-refractivity contribution is 0.262. The molecule has 0 saturated heterocycles. The van der Waals surface area contributed by atoms with E-state index >= 15 is 0 Å². The molecule has 2 amide bonds. The summed E-state index contributed by atoms with van der Waals surface area (Å²) >= 11 is 1.54. The number of hydrogen-bond acceptors (Lipinski definition) is 4. The maximum atomic E-state index is 11.7. The van der Waals surface area contributed by atoms with Gasteiger partial charge in [0.25, 0.3) is 0 Å². The lowest BCUT2D eigenvalue weighted by atomic mass is 10.4. The van der Waals surface area contributed by atoms with Gasteiger partial charge in [-0.2, -0.15) is 0 Å². The number of amides is 2. The Labute approximate surface area is 108 Å². The Morgan fingerprint density at radius 2 is 2.17 bits per heavy atom. The van der Waals surface area contributed by atoms with Gasteiger partial charge in [0.05, 0.1) is 0 Å². The summed E-state index contributed by atoms with van der Waals surface area (Å²) in [5.74, 6) is 1.19. The molecule has 0 unspecified atom stereocenters. The van der Waals surface area contributed by atoms with Crippen LogP contribution in [-0.4, -0.2) is 16.0 Å². The molecule has 1 saturated carbocycles. The summed E-state index contributed by atoms with van der Waals surface area (Å²) in [5, 5.41) is 5.99. The van der Waals surface area contributed by atoms with E-state index in [1.54, 1.807) is 18.3 Å². The predicted octanol–water partition coefficient (Wildman–Crippen LogP) is 3.06. The Hall–Kier alpha value is -1.95. The zero-order valence-corrected chi connectivity index (χ0v) is 10.4. The molecular weight excluding hydrogens is 248 g/mol. The summed E-state index contributed by atoms with van der Waals surface area (Å²) in [6, 6.07) is 5.03. The summed E-state index contributed by atoms with van der Waals surface area (Å²) in [5.41, 5.74) is 0. The molecule has 2 aromatic heterocycles. The molecule has 3 rings (SSSR count). The van der Waals surface area contributed by atoms with E-state index in [0.717, 1.165) is 0 Å². The van der Waals surface area contributed by atoms with Crippen LogP contribution < -0.4 is 10.6 Å². The first-order chi connectivity index (χ1) is 8.81. The van der Waals surface area contributed by atoms with Crippen molar-refractivity contribution >= 4 is 28.3 Å². The summed E-state index contributed by atoms with van der Waals surface area (Å²) in [7, 11) is 0. The number of anilines is 2. The van der Waals surface area contributed by atoms with Crippen LogP contribution >= 0.6 is 11.3 Å². The fourth-order valence-electron chi connectivity index (χ4n) is 1.58. The highest BCUT2D eigenvalue weighted by atomic mass is 32.1. The minimum atomic E-state index is -0.314. The van der Waals surface area contributed by atoms with Gasteiger partial charge in [-0.15, -0.1) is 11.3 Å². The Morgan fingerprint density at radius 1 is 1.28 bits per heavy atom. The van der Waals surface area contributed by atoms with E-state index in [2.05, 4.69) is 20.6 Å². The fourth-order valence-corrected chi connectivity index (χ4v) is 2.56. The molecule has 0 atom stereocenters. The molecule has 5 nitrogen and oxygen atoms in total. The normalized spacial score (nSPS) is 14.2. The van der Waals surface area contributed by atoms with Crippen LogP contribution in [0, 0.1) is 0 Å². The Kier molecular flexibility index (Phi) is 2.93. The van der Waals surface area contributed by atoms with Crippen molar-refractivity contribution in [1.82, 2.24) is 9.97 Å². The molecule has 1 aliphatic rings. The van der Waals surface area contributed by atoms with Crippen LogP contribution in [0.3, 0.4) is 0 Å². The molecule has 0 aromatic carbocycles. The second-order valence-electron chi connectivity index (χ2n) is 4.14. The van der Waals surface area contributed by atoms with E-state index in [4.69, 9.17) is 0 Å². The van der Waals surface area contributed by atoms with Crippen molar-refractivity contribution in [2.24, 2.45) is 0 Å². The SMILES string of the molecule is O=C(Nc1ccccn1)Nc1ncc(C2CC2)s1. The van der Waals surface area contributed by atoms with Gasteiger partial charge in [0.1, 0.15) is 5.82 Å². The van der Waals surface area contributed by atoms with Gasteiger partial charge >= 0.3 is 6.03 Å². The number of nitrogens with zero attached hydrogens (tertiary/aromatic N) is 2. The monoisotopic (exact) mass is 260 g/mol. The Balaban J connectivity index is 1.59. The van der Waals surface area contributed by atoms with Crippen molar-refractivity contribution in [1.29, 1.82) is 0 Å². The van der Waals surface area contributed by atoms with Crippen molar-refractivity contribution in [3.05, 3.63) is 35.5 Å². The average Bonchev–Trinajstić information content (AvgIpc) is 3.12. The highest BCUT2D eigenvalue weighted by Gasteiger charge is 2.25. The molecule has 0 bridgehead atoms. The van der Waals surface area contributed by atoms with Crippen LogP contribution in [0.4, 0.5) is 15.7 Å². The lowest BCUT2D eigenvalue weighted by Crippen LogP contribution is -2.19. The van der Waals surface area contributed by atoms with Gasteiger partial charge in [-0.3, -0.25) is 10.6 Å². The number of thiazole rings is 1. The zero-order chi connectivity index (χ0) is 12.4. The van der Waals surface area contributed by atoms with E-state index in [1.807, 2.05) is 12.3 Å². The summed E-state index contributed by atoms with van der Waals surface area (Å²) in [4.78, 5) is 21.1. The standard InChI is InChI=1S/C12H12N4OS/c17-11(15-10-3-1-2-6-13-10)16-12-14-7-9(18-12)8-4-5-8/h1-3,6-8H,4-5H2,(H2,13,14,15,16,17). The van der Waals surface area contributed by atoms with Gasteiger partial charge in [0, 0.05) is 17.3 Å². The molecule has 2 heterocycles. The minimum absolute atomic E-state index is 0.314. The van der Waals surface area contributed by atoms with Gasteiger partial charge < -0.3 is 0 Å². The van der Waals surface area contributed by atoms with E-state index < -0.39 is 0 Å². The zero-order valence-electron chi connectivity index (χ0n) is 9.59. The van der Waals surface area contributed by atoms with Crippen molar-refractivity contribution in [2.45, 2.75) is 18.8 Å². The van der Waals surface area contributed by atoms with Gasteiger partial charge in [0.15, 0.2) is 5.13 Å². The van der Waals surface area contributed by atoms with Crippen LogP contribution in [-0.2, 0) is 0 Å². The topological polar surface area (TPSA) is 66.9 Å². The van der Waals surface area contributed by atoms with E-state index in [-0.39, 0.29) is 6.03 Å². The first-order valence-corrected chi connectivity index (χ1v) is 6.58. The third-order valence-electron chi connectivity index (χ3n) is 2.63. The highest BCUT2D eigenvalue weighted by Crippen LogP contribution is 2.43. The largest absolute Gasteiger partial charge is 0.326 e. The van der Waals surface area contributed by atoms with Gasteiger partial charge in [-0.1, -0.05) is 6.07 Å². The summed E-state index contributed by atoms with van der Waals surface area (Å²) in [6.45, 7) is 0. The minimum Gasteiger partial charge on any atom is -0.292 e. The van der Waals surface area contributed by atoms with Crippen LogP contribution in [0.25, 0.3) is 0 Å². The lowest BCUT2D eigenvalue weighted by Gasteiger charge is -2.03. The van der Waals surface area contributed by atoms with E-state index in [9.17, 15) is 4.79 Å². The van der Waals surface area contributed by atoms with Crippen molar-refractivity contribution in [3.8, 4) is 0 Å². The number of nitrogens with one attached hydrogen (secondary N) is 2. The predicted molar refractivity (Wildman–Crippen MR) is 71.0 cm³/mol. The first kappa shape index (κ1) is 11.2. The van der Waals surface area contributed by atoms with Crippen molar-refractivity contribution < 1.29 is 4.79 Å². The second kappa shape index (κ2) is 4.73. The third-order valence-corrected chi connectivity index (χ3v) is 3.71. The van der Waals surface area contributed by atoms with Crippen molar-refractivity contribution in [3.63, 3.8) is 0 Å². The molecule has 18 heavy (non-hydrogen) atoms. The molecule has 0 aliphatic heterocycles. The van der Waals surface area contributed by atoms with Gasteiger partial charge in [-0.25, -0.2) is 14.8 Å².